The minimum absolute atomic E-state index is 0.252. The van der Waals surface area contributed by atoms with Crippen LogP contribution >= 0.6 is 0 Å². The van der Waals surface area contributed by atoms with E-state index in [0.717, 1.165) is 0 Å². The van der Waals surface area contributed by atoms with Crippen LogP contribution in [0.25, 0.3) is 0 Å². The Balaban J connectivity index is 2.63. The molecular formula is C9H18O5. The summed E-state index contributed by atoms with van der Waals surface area (Å²) in [5, 5.41) is 28.3. The van der Waals surface area contributed by atoms with Gasteiger partial charge in [0.05, 0.1) is 25.4 Å². The zero-order valence-electron chi connectivity index (χ0n) is 8.46. The molecule has 0 bridgehead atoms. The Kier molecular flexibility index (Phi) is 4.28. The zero-order chi connectivity index (χ0) is 10.7. The number of aliphatic hydroxyl groups excluding tert-OH is 3. The fourth-order valence-electron chi connectivity index (χ4n) is 1.72. The average Bonchev–Trinajstić information content (AvgIpc) is 2.19. The molecule has 0 aromatic rings. The normalized spacial score (nSPS) is 43.9. The van der Waals surface area contributed by atoms with E-state index in [-0.39, 0.29) is 19.1 Å². The lowest BCUT2D eigenvalue weighted by atomic mass is 9.88. The molecule has 3 N–H and O–H groups in total. The Labute approximate surface area is 83.3 Å². The molecule has 1 aliphatic rings. The lowest BCUT2D eigenvalue weighted by Crippen LogP contribution is -2.55. The molecule has 5 heteroatoms. The number of rotatable bonds is 3. The molecule has 0 amide bonds. The fraction of sp³-hybridized carbons (Fsp3) is 1.00. The molecule has 0 aromatic heterocycles. The summed E-state index contributed by atoms with van der Waals surface area (Å²) in [6.45, 7) is 1.73. The van der Waals surface area contributed by atoms with Gasteiger partial charge in [0, 0.05) is 13.0 Å². The van der Waals surface area contributed by atoms with Crippen LogP contribution in [0, 0.1) is 5.92 Å². The van der Waals surface area contributed by atoms with E-state index < -0.39 is 24.4 Å². The summed E-state index contributed by atoms with van der Waals surface area (Å²) in [6, 6.07) is 0. The van der Waals surface area contributed by atoms with E-state index in [1.807, 2.05) is 0 Å². The standard InChI is InChI=1S/C9H18O5/c1-5-8(11)6(3-10)14-7(4-13-2)9(5)12/h5-12H,3-4H2,1-2H3/t5-,6?,7+,8?,9?/m1/s1. The molecule has 1 heterocycles. The van der Waals surface area contributed by atoms with Crippen molar-refractivity contribution in [3.05, 3.63) is 0 Å². The zero-order valence-corrected chi connectivity index (χ0v) is 8.46. The summed E-state index contributed by atoms with van der Waals surface area (Å²) < 4.78 is 10.2. The van der Waals surface area contributed by atoms with E-state index in [4.69, 9.17) is 14.6 Å². The van der Waals surface area contributed by atoms with Crippen LogP contribution in [0.3, 0.4) is 0 Å². The Morgan fingerprint density at radius 2 is 1.79 bits per heavy atom. The van der Waals surface area contributed by atoms with Crippen LogP contribution in [-0.4, -0.2) is 60.1 Å². The van der Waals surface area contributed by atoms with Gasteiger partial charge in [-0.05, 0) is 0 Å². The van der Waals surface area contributed by atoms with Crippen LogP contribution in [0.1, 0.15) is 6.92 Å². The van der Waals surface area contributed by atoms with Crippen molar-refractivity contribution >= 4 is 0 Å². The number of hydrogen-bond donors (Lipinski definition) is 3. The second-order valence-corrected chi connectivity index (χ2v) is 3.69. The van der Waals surface area contributed by atoms with Crippen molar-refractivity contribution in [1.82, 2.24) is 0 Å². The van der Waals surface area contributed by atoms with Gasteiger partial charge in [0.2, 0.25) is 0 Å². The van der Waals surface area contributed by atoms with Crippen molar-refractivity contribution in [3.63, 3.8) is 0 Å². The van der Waals surface area contributed by atoms with E-state index in [0.29, 0.717) is 0 Å². The smallest absolute Gasteiger partial charge is 0.108 e. The molecule has 5 nitrogen and oxygen atoms in total. The Bertz CT molecular complexity index is 171. The molecule has 1 aliphatic heterocycles. The molecule has 3 unspecified atom stereocenters. The number of methoxy groups -OCH3 is 1. The molecule has 5 atom stereocenters. The Hall–Kier alpha value is -0.200. The molecule has 0 saturated carbocycles. The molecule has 1 rings (SSSR count). The molecular weight excluding hydrogens is 188 g/mol. The van der Waals surface area contributed by atoms with Crippen molar-refractivity contribution in [2.24, 2.45) is 5.92 Å². The van der Waals surface area contributed by atoms with Crippen LogP contribution in [0.15, 0.2) is 0 Å². The lowest BCUT2D eigenvalue weighted by Gasteiger charge is -2.40. The predicted molar refractivity (Wildman–Crippen MR) is 48.8 cm³/mol. The molecule has 1 saturated heterocycles. The number of ether oxygens (including phenoxy) is 2. The van der Waals surface area contributed by atoms with Gasteiger partial charge in [0.25, 0.3) is 0 Å². The maximum atomic E-state index is 9.71. The highest BCUT2D eigenvalue weighted by molar-refractivity contribution is 4.89. The molecule has 0 aromatic carbocycles. The van der Waals surface area contributed by atoms with Gasteiger partial charge in [0.1, 0.15) is 12.2 Å². The lowest BCUT2D eigenvalue weighted by molar-refractivity contribution is -0.215. The fourth-order valence-corrected chi connectivity index (χ4v) is 1.72. The van der Waals surface area contributed by atoms with Gasteiger partial charge in [-0.15, -0.1) is 0 Å². The highest BCUT2D eigenvalue weighted by Gasteiger charge is 2.41. The van der Waals surface area contributed by atoms with Gasteiger partial charge >= 0.3 is 0 Å². The van der Waals surface area contributed by atoms with Gasteiger partial charge in [-0.3, -0.25) is 0 Å². The van der Waals surface area contributed by atoms with E-state index in [1.54, 1.807) is 6.92 Å². The third kappa shape index (κ3) is 2.24. The van der Waals surface area contributed by atoms with Gasteiger partial charge in [-0.1, -0.05) is 6.92 Å². The second kappa shape index (κ2) is 5.04. The first-order valence-electron chi connectivity index (χ1n) is 4.73. The van der Waals surface area contributed by atoms with Crippen molar-refractivity contribution in [1.29, 1.82) is 0 Å². The topological polar surface area (TPSA) is 79.2 Å². The monoisotopic (exact) mass is 206 g/mol. The van der Waals surface area contributed by atoms with Crippen molar-refractivity contribution < 1.29 is 24.8 Å². The third-order valence-corrected chi connectivity index (χ3v) is 2.70. The maximum absolute atomic E-state index is 9.71. The summed E-state index contributed by atoms with van der Waals surface area (Å²) >= 11 is 0. The van der Waals surface area contributed by atoms with Crippen molar-refractivity contribution in [3.8, 4) is 0 Å². The van der Waals surface area contributed by atoms with Gasteiger partial charge in [-0.2, -0.15) is 0 Å². The SMILES string of the molecule is COC[C@@H]1OC(CO)C(O)[C@@H](C)C1O. The Morgan fingerprint density at radius 1 is 1.21 bits per heavy atom. The molecule has 0 aliphatic carbocycles. The van der Waals surface area contributed by atoms with E-state index in [9.17, 15) is 10.2 Å². The highest BCUT2D eigenvalue weighted by atomic mass is 16.6. The minimum atomic E-state index is -0.830. The van der Waals surface area contributed by atoms with E-state index in [2.05, 4.69) is 0 Å². The summed E-state index contributed by atoms with van der Waals surface area (Å²) in [7, 11) is 1.51. The first-order valence-corrected chi connectivity index (χ1v) is 4.73. The minimum Gasteiger partial charge on any atom is -0.394 e. The van der Waals surface area contributed by atoms with Crippen molar-refractivity contribution in [2.75, 3.05) is 20.3 Å². The summed E-state index contributed by atoms with van der Waals surface area (Å²) in [6.07, 6.45) is -2.69. The van der Waals surface area contributed by atoms with Crippen LogP contribution in [-0.2, 0) is 9.47 Å². The van der Waals surface area contributed by atoms with Crippen LogP contribution in [0.2, 0.25) is 0 Å². The number of hydrogen-bond acceptors (Lipinski definition) is 5. The van der Waals surface area contributed by atoms with Gasteiger partial charge in [0.15, 0.2) is 0 Å². The summed E-state index contributed by atoms with van der Waals surface area (Å²) in [5.74, 6) is -0.318. The largest absolute Gasteiger partial charge is 0.394 e. The second-order valence-electron chi connectivity index (χ2n) is 3.69. The first-order chi connectivity index (χ1) is 6.61. The van der Waals surface area contributed by atoms with Crippen LogP contribution in [0.5, 0.6) is 0 Å². The average molecular weight is 206 g/mol. The summed E-state index contributed by atoms with van der Waals surface area (Å²) in [4.78, 5) is 0. The maximum Gasteiger partial charge on any atom is 0.108 e. The number of aliphatic hydroxyl groups is 3. The quantitative estimate of drug-likeness (QED) is 0.538. The van der Waals surface area contributed by atoms with Gasteiger partial charge < -0.3 is 24.8 Å². The highest BCUT2D eigenvalue weighted by Crippen LogP contribution is 2.25. The van der Waals surface area contributed by atoms with E-state index in [1.165, 1.54) is 7.11 Å². The van der Waals surface area contributed by atoms with Crippen LogP contribution in [0.4, 0.5) is 0 Å². The predicted octanol–water partition coefficient (Wildman–Crippen LogP) is -1.25. The molecule has 14 heavy (non-hydrogen) atoms. The molecule has 84 valence electrons. The van der Waals surface area contributed by atoms with Gasteiger partial charge in [-0.25, -0.2) is 0 Å². The summed E-state index contributed by atoms with van der Waals surface area (Å²) in [5.41, 5.74) is 0. The van der Waals surface area contributed by atoms with Crippen molar-refractivity contribution in [2.45, 2.75) is 31.3 Å². The van der Waals surface area contributed by atoms with Crippen LogP contribution < -0.4 is 0 Å². The van der Waals surface area contributed by atoms with E-state index >= 15 is 0 Å². The molecule has 0 spiro atoms. The first kappa shape index (κ1) is 11.9. The Morgan fingerprint density at radius 3 is 2.29 bits per heavy atom. The molecule has 1 fully saturated rings. The molecule has 0 radical (unpaired) electrons. The third-order valence-electron chi connectivity index (χ3n) is 2.70.